The van der Waals surface area contributed by atoms with Crippen LogP contribution in [0.1, 0.15) is 16.7 Å². The van der Waals surface area contributed by atoms with E-state index in [2.05, 4.69) is 13.2 Å². The summed E-state index contributed by atoms with van der Waals surface area (Å²) in [6.07, 6.45) is 2.95. The van der Waals surface area contributed by atoms with Gasteiger partial charge in [-0.2, -0.15) is 0 Å². The highest BCUT2D eigenvalue weighted by Crippen LogP contribution is 2.37. The van der Waals surface area contributed by atoms with Crippen LogP contribution in [0.3, 0.4) is 0 Å². The van der Waals surface area contributed by atoms with Gasteiger partial charge in [0, 0.05) is 0 Å². The number of aryl methyl sites for hydroxylation is 3. The lowest BCUT2D eigenvalue weighted by molar-refractivity contribution is 0.589. The van der Waals surface area contributed by atoms with Crippen molar-refractivity contribution < 1.29 is 16.8 Å². The van der Waals surface area contributed by atoms with E-state index in [0.717, 1.165) is 16.7 Å². The van der Waals surface area contributed by atoms with Crippen LogP contribution in [0.4, 0.5) is 11.4 Å². The Morgan fingerprint density at radius 2 is 0.971 bits per heavy atom. The van der Waals surface area contributed by atoms with E-state index in [1.165, 1.54) is 20.8 Å². The zero-order valence-corrected chi connectivity index (χ0v) is 21.8. The molecule has 3 aromatic rings. The molecule has 0 radical (unpaired) electrons. The Morgan fingerprint density at radius 3 is 1.37 bits per heavy atom. The zero-order valence-electron chi connectivity index (χ0n) is 20.2. The highest BCUT2D eigenvalue weighted by Gasteiger charge is 2.31. The van der Waals surface area contributed by atoms with Crippen molar-refractivity contribution >= 4 is 31.4 Å². The lowest BCUT2D eigenvalue weighted by atomic mass is 10.2. The van der Waals surface area contributed by atoms with Crippen LogP contribution in [0.15, 0.2) is 102 Å². The molecule has 6 nitrogen and oxygen atoms in total. The van der Waals surface area contributed by atoms with Crippen molar-refractivity contribution in [1.29, 1.82) is 0 Å². The second kappa shape index (κ2) is 10.5. The van der Waals surface area contributed by atoms with Gasteiger partial charge >= 0.3 is 0 Å². The first-order valence-corrected chi connectivity index (χ1v) is 13.9. The second-order valence-corrected chi connectivity index (χ2v) is 12.0. The van der Waals surface area contributed by atoms with Crippen LogP contribution >= 0.6 is 0 Å². The van der Waals surface area contributed by atoms with E-state index in [1.807, 2.05) is 20.8 Å². The van der Waals surface area contributed by atoms with Gasteiger partial charge in [-0.15, -0.1) is 13.2 Å². The third-order valence-corrected chi connectivity index (χ3v) is 9.06. The average molecular weight is 511 g/mol. The van der Waals surface area contributed by atoms with Gasteiger partial charge in [0.25, 0.3) is 20.0 Å². The van der Waals surface area contributed by atoms with Gasteiger partial charge in [0.05, 0.1) is 34.3 Å². The molecule has 0 saturated heterocycles. The molecule has 0 atom stereocenters. The summed E-state index contributed by atoms with van der Waals surface area (Å²) in [4.78, 5) is 0.210. The van der Waals surface area contributed by atoms with E-state index in [0.29, 0.717) is 0 Å². The molecular weight excluding hydrogens is 480 g/mol. The predicted molar refractivity (Wildman–Crippen MR) is 143 cm³/mol. The van der Waals surface area contributed by atoms with Crippen molar-refractivity contribution in [3.63, 3.8) is 0 Å². The number of nitrogens with zero attached hydrogens (tertiary/aromatic N) is 2. The molecule has 0 N–H and O–H groups in total. The summed E-state index contributed by atoms with van der Waals surface area (Å²) < 4.78 is 57.2. The molecule has 0 aliphatic heterocycles. The minimum atomic E-state index is -4.02. The summed E-state index contributed by atoms with van der Waals surface area (Å²) in [5.41, 5.74) is 3.10. The summed E-state index contributed by atoms with van der Waals surface area (Å²) >= 11 is 0. The highest BCUT2D eigenvalue weighted by molar-refractivity contribution is 7.93. The monoisotopic (exact) mass is 510 g/mol. The number of hydrogen-bond donors (Lipinski definition) is 0. The van der Waals surface area contributed by atoms with Crippen LogP contribution in [0.25, 0.3) is 0 Å². The van der Waals surface area contributed by atoms with Gasteiger partial charge in [0.1, 0.15) is 0 Å². The summed E-state index contributed by atoms with van der Waals surface area (Å²) in [5, 5.41) is 0. The number of hydrogen-bond acceptors (Lipinski definition) is 4. The van der Waals surface area contributed by atoms with Gasteiger partial charge in [-0.25, -0.2) is 16.8 Å². The van der Waals surface area contributed by atoms with Crippen molar-refractivity contribution in [2.45, 2.75) is 30.6 Å². The maximum Gasteiger partial charge on any atom is 0.264 e. The van der Waals surface area contributed by atoms with Crippen molar-refractivity contribution in [2.75, 3.05) is 21.7 Å². The van der Waals surface area contributed by atoms with E-state index in [9.17, 15) is 16.8 Å². The first-order chi connectivity index (χ1) is 16.5. The molecule has 0 unspecified atom stereocenters. The van der Waals surface area contributed by atoms with Crippen molar-refractivity contribution in [3.05, 3.63) is 109 Å². The van der Waals surface area contributed by atoms with Crippen LogP contribution in [0.5, 0.6) is 0 Å². The molecule has 0 bridgehead atoms. The smallest absolute Gasteiger partial charge is 0.260 e. The van der Waals surface area contributed by atoms with Gasteiger partial charge in [-0.1, -0.05) is 53.6 Å². The molecule has 0 aromatic heterocycles. The lowest BCUT2D eigenvalue weighted by Gasteiger charge is -2.31. The van der Waals surface area contributed by atoms with Crippen LogP contribution in [0, 0.1) is 20.8 Å². The molecule has 0 saturated carbocycles. The van der Waals surface area contributed by atoms with E-state index < -0.39 is 20.0 Å². The predicted octanol–water partition coefficient (Wildman–Crippen LogP) is 5.37. The third kappa shape index (κ3) is 5.49. The van der Waals surface area contributed by atoms with Crippen LogP contribution in [-0.4, -0.2) is 29.9 Å². The van der Waals surface area contributed by atoms with Gasteiger partial charge in [-0.05, 0) is 62.7 Å². The lowest BCUT2D eigenvalue weighted by Crippen LogP contribution is -2.36. The largest absolute Gasteiger partial charge is 0.264 e. The van der Waals surface area contributed by atoms with E-state index in [4.69, 9.17) is 0 Å². The van der Waals surface area contributed by atoms with E-state index in [1.54, 1.807) is 66.7 Å². The Balaban J connectivity index is 2.25. The Hall–Kier alpha value is -3.36. The molecule has 184 valence electrons. The summed E-state index contributed by atoms with van der Waals surface area (Å²) in [5.74, 6) is 0. The summed E-state index contributed by atoms with van der Waals surface area (Å²) in [7, 11) is -8.04. The molecule has 35 heavy (non-hydrogen) atoms. The Bertz CT molecular complexity index is 1430. The summed E-state index contributed by atoms with van der Waals surface area (Å²) in [6.45, 7) is 12.9. The number of rotatable bonds is 10. The van der Waals surface area contributed by atoms with Crippen molar-refractivity contribution in [3.8, 4) is 0 Å². The topological polar surface area (TPSA) is 74.8 Å². The van der Waals surface area contributed by atoms with Crippen LogP contribution in [-0.2, 0) is 20.0 Å². The fourth-order valence-electron chi connectivity index (χ4n) is 3.61. The highest BCUT2D eigenvalue weighted by atomic mass is 32.2. The third-order valence-electron chi connectivity index (χ3n) is 5.48. The molecule has 0 fully saturated rings. The minimum Gasteiger partial charge on any atom is -0.260 e. The quantitative estimate of drug-likeness (QED) is 0.344. The van der Waals surface area contributed by atoms with Crippen molar-refractivity contribution in [1.82, 2.24) is 0 Å². The van der Waals surface area contributed by atoms with Gasteiger partial charge in [-0.3, -0.25) is 8.61 Å². The molecule has 0 amide bonds. The molecule has 8 heteroatoms. The summed E-state index contributed by atoms with van der Waals surface area (Å²) in [6, 6.07) is 18.1. The van der Waals surface area contributed by atoms with Crippen molar-refractivity contribution in [2.24, 2.45) is 0 Å². The maximum atomic E-state index is 13.7. The van der Waals surface area contributed by atoms with Crippen LogP contribution in [0.2, 0.25) is 0 Å². The van der Waals surface area contributed by atoms with E-state index in [-0.39, 0.29) is 34.3 Å². The Kier molecular flexibility index (Phi) is 7.87. The van der Waals surface area contributed by atoms with Gasteiger partial charge < -0.3 is 0 Å². The first-order valence-electron chi connectivity index (χ1n) is 11.0. The van der Waals surface area contributed by atoms with Crippen LogP contribution < -0.4 is 8.61 Å². The molecule has 0 aliphatic carbocycles. The van der Waals surface area contributed by atoms with E-state index >= 15 is 0 Å². The maximum absolute atomic E-state index is 13.7. The molecular formula is C27H30N2O4S2. The standard InChI is InChI=1S/C27H30N2O4S2/c1-6-18-28(34(30,31)24-13-8-21(3)9-14-24)26-17-12-23(5)20-27(26)29(19-7-2)35(32,33)25-15-10-22(4)11-16-25/h6-17,20H,1-2,18-19H2,3-5H3. The minimum absolute atomic E-state index is 0.0425. The van der Waals surface area contributed by atoms with Gasteiger partial charge in [0.2, 0.25) is 0 Å². The zero-order chi connectivity index (χ0) is 25.8. The number of benzene rings is 3. The Labute approximate surface area is 208 Å². The normalized spacial score (nSPS) is 11.6. The number of sulfonamides is 2. The average Bonchev–Trinajstić information content (AvgIpc) is 2.81. The fraction of sp³-hybridized carbons (Fsp3) is 0.185. The fourth-order valence-corrected chi connectivity index (χ4v) is 6.50. The number of anilines is 2. The molecule has 0 aliphatic rings. The van der Waals surface area contributed by atoms with Gasteiger partial charge in [0.15, 0.2) is 0 Å². The SMILES string of the molecule is C=CCN(c1ccc(C)cc1N(CC=C)S(=O)(=O)c1ccc(C)cc1)S(=O)(=O)c1ccc(C)cc1. The first kappa shape index (κ1) is 26.2. The molecule has 0 heterocycles. The molecule has 3 rings (SSSR count). The second-order valence-electron chi connectivity index (χ2n) is 8.27. The molecule has 3 aromatic carbocycles. The Morgan fingerprint density at radius 1 is 0.600 bits per heavy atom. The molecule has 0 spiro atoms.